The molecule has 10 atom stereocenters. The van der Waals surface area contributed by atoms with Crippen LogP contribution in [0.5, 0.6) is 0 Å². The number of carbonyl (C=O) groups excluding carboxylic acids is 1. The Kier molecular flexibility index (Phi) is 7.93. The van der Waals surface area contributed by atoms with E-state index in [1.165, 1.54) is 0 Å². The van der Waals surface area contributed by atoms with Crippen LogP contribution in [0.1, 0.15) is 84.8 Å². The average Bonchev–Trinajstić information content (AvgIpc) is 3.64. The summed E-state index contributed by atoms with van der Waals surface area (Å²) in [7, 11) is 2.10. The van der Waals surface area contributed by atoms with Crippen molar-refractivity contribution in [3.63, 3.8) is 0 Å². The summed E-state index contributed by atoms with van der Waals surface area (Å²) in [5, 5.41) is 12.1. The van der Waals surface area contributed by atoms with Crippen molar-refractivity contribution in [2.45, 2.75) is 97.8 Å². The van der Waals surface area contributed by atoms with Gasteiger partial charge in [0.15, 0.2) is 0 Å². The lowest BCUT2D eigenvalue weighted by Gasteiger charge is -2.60. The number of aliphatic carboxylic acids is 1. The number of aldehydes is 1. The van der Waals surface area contributed by atoms with Crippen LogP contribution in [0, 0.1) is 51.8 Å². The summed E-state index contributed by atoms with van der Waals surface area (Å²) in [5.74, 6) is 0.741. The Bertz CT molecular complexity index is 1250. The quantitative estimate of drug-likeness (QED) is 0.218. The first-order valence-corrected chi connectivity index (χ1v) is 16.8. The number of nitrogens with zero attached hydrogens (tertiary/aromatic N) is 2. The van der Waals surface area contributed by atoms with Crippen LogP contribution >= 0.6 is 11.6 Å². The number of unbranched alkanes of at least 4 members (excludes halogenated alkanes) is 1. The van der Waals surface area contributed by atoms with Gasteiger partial charge in [-0.1, -0.05) is 70.2 Å². The van der Waals surface area contributed by atoms with Crippen LogP contribution in [0.4, 0.5) is 0 Å². The Hall–Kier alpha value is -1.76. The maximum Gasteiger partial charge on any atom is 0.315 e. The predicted octanol–water partition coefficient (Wildman–Crippen LogP) is 7.06. The first kappa shape index (κ1) is 30.3. The molecule has 0 radical (unpaired) electrons. The minimum absolute atomic E-state index is 0.0119. The van der Waals surface area contributed by atoms with Crippen LogP contribution in [0.25, 0.3) is 0 Å². The molecular formula is C35H49ClN2O4. The number of carbonyl (C=O) groups is 2. The topological polar surface area (TPSA) is 79.7 Å². The van der Waals surface area contributed by atoms with Gasteiger partial charge in [-0.3, -0.25) is 14.7 Å². The third-order valence-corrected chi connectivity index (χ3v) is 12.8. The number of rotatable bonds is 11. The van der Waals surface area contributed by atoms with Crippen molar-refractivity contribution >= 4 is 23.9 Å². The first-order valence-electron chi connectivity index (χ1n) is 16.4. The van der Waals surface area contributed by atoms with Crippen LogP contribution in [-0.4, -0.2) is 53.0 Å². The largest absolute Gasteiger partial charge is 0.481 e. The van der Waals surface area contributed by atoms with E-state index in [2.05, 4.69) is 50.7 Å². The van der Waals surface area contributed by atoms with E-state index in [0.29, 0.717) is 35.7 Å². The van der Waals surface area contributed by atoms with E-state index in [1.54, 1.807) is 12.3 Å². The summed E-state index contributed by atoms with van der Waals surface area (Å²) >= 11 is 6.24. The highest BCUT2D eigenvalue weighted by Gasteiger charge is 2.86. The Morgan fingerprint density at radius 1 is 1.31 bits per heavy atom. The predicted molar refractivity (Wildman–Crippen MR) is 164 cm³/mol. The zero-order valence-electron chi connectivity index (χ0n) is 26.0. The molecule has 2 heterocycles. The number of likely N-dealkylation sites (N-methyl/N-ethyl adjacent to an activating group) is 1. The van der Waals surface area contributed by atoms with Crippen molar-refractivity contribution in [1.82, 2.24) is 9.88 Å². The lowest BCUT2D eigenvalue weighted by atomic mass is 9.41. The lowest BCUT2D eigenvalue weighted by molar-refractivity contribution is -0.197. The molecule has 1 saturated heterocycles. The molecule has 5 aliphatic rings. The molecule has 1 aromatic rings. The number of pyridine rings is 1. The second-order valence-corrected chi connectivity index (χ2v) is 15.3. The van der Waals surface area contributed by atoms with Gasteiger partial charge in [0.1, 0.15) is 11.7 Å². The van der Waals surface area contributed by atoms with Crippen molar-refractivity contribution in [3.05, 3.63) is 40.7 Å². The van der Waals surface area contributed by atoms with E-state index >= 15 is 0 Å². The van der Waals surface area contributed by atoms with E-state index in [1.807, 2.05) is 6.07 Å². The molecular weight excluding hydrogens is 548 g/mol. The van der Waals surface area contributed by atoms with Gasteiger partial charge in [0.05, 0.1) is 23.3 Å². The Morgan fingerprint density at radius 3 is 2.76 bits per heavy atom. The van der Waals surface area contributed by atoms with E-state index in [0.717, 1.165) is 69.0 Å². The zero-order chi connectivity index (χ0) is 30.0. The highest BCUT2D eigenvalue weighted by Crippen LogP contribution is 2.84. The molecule has 230 valence electrons. The summed E-state index contributed by atoms with van der Waals surface area (Å²) in [6.07, 6.45) is 12.8. The molecule has 0 aromatic carbocycles. The molecule has 4 bridgehead atoms. The summed E-state index contributed by atoms with van der Waals surface area (Å²) in [6.45, 7) is 10.2. The van der Waals surface area contributed by atoms with Crippen LogP contribution in [0.2, 0.25) is 5.02 Å². The Labute approximate surface area is 256 Å². The van der Waals surface area contributed by atoms with Crippen molar-refractivity contribution < 1.29 is 19.4 Å². The number of halogens is 1. The number of hydrogen-bond acceptors (Lipinski definition) is 5. The first-order chi connectivity index (χ1) is 20.0. The van der Waals surface area contributed by atoms with Gasteiger partial charge in [0.25, 0.3) is 0 Å². The normalized spacial score (nSPS) is 41.9. The number of aromatic nitrogens is 1. The third-order valence-electron chi connectivity index (χ3n) is 12.6. The SMILES string of the molecule is CCCCC1CC(C23C[C@@H]4[C@H](C)CC[C@H]4C4(C=O)CC2C=C(C(C)C)C34C(=O)O)OC1CN(C)Cc1cc(Cl)ccn1. The fraction of sp³-hybridized carbons (Fsp3) is 0.743. The summed E-state index contributed by atoms with van der Waals surface area (Å²) < 4.78 is 7.22. The summed E-state index contributed by atoms with van der Waals surface area (Å²) in [5.41, 5.74) is -0.682. The fourth-order valence-corrected chi connectivity index (χ4v) is 11.3. The number of ether oxygens (including phenoxy) is 1. The summed E-state index contributed by atoms with van der Waals surface area (Å²) in [4.78, 5) is 34.2. The third kappa shape index (κ3) is 4.06. The summed E-state index contributed by atoms with van der Waals surface area (Å²) in [6, 6.07) is 3.71. The van der Waals surface area contributed by atoms with E-state index < -0.39 is 22.2 Å². The molecule has 3 saturated carbocycles. The van der Waals surface area contributed by atoms with Gasteiger partial charge in [0.2, 0.25) is 0 Å². The number of fused-ring (bicyclic) bond motifs is 2. The molecule has 6 nitrogen and oxygen atoms in total. The van der Waals surface area contributed by atoms with Gasteiger partial charge < -0.3 is 14.6 Å². The lowest BCUT2D eigenvalue weighted by Crippen LogP contribution is -2.65. The van der Waals surface area contributed by atoms with Gasteiger partial charge in [-0.15, -0.1) is 0 Å². The maximum atomic E-state index is 14.0. The van der Waals surface area contributed by atoms with E-state index in [4.69, 9.17) is 16.3 Å². The van der Waals surface area contributed by atoms with Crippen molar-refractivity contribution in [1.29, 1.82) is 0 Å². The molecule has 4 aliphatic carbocycles. The standard InChI is InChI=1S/C35H49ClN2O4/c1-6-7-8-23-13-31(42-30(23)19-38(5)18-26-15-25(36)11-12-37-26)34-17-27-22(4)9-10-28(27)33(20-39)16-24(34)14-29(21(2)3)35(33,34)32(40)41/h11-12,14-15,20-24,27-28,30-31H,6-10,13,16-19H2,1-5H3,(H,40,41)/t22-,23?,24?,27-,28-,30?,31?,33?,34?,35?/m1/s1. The van der Waals surface area contributed by atoms with Crippen LogP contribution < -0.4 is 0 Å². The van der Waals surface area contributed by atoms with Crippen LogP contribution in [0.15, 0.2) is 30.0 Å². The van der Waals surface area contributed by atoms with Crippen LogP contribution in [0.3, 0.4) is 0 Å². The zero-order valence-corrected chi connectivity index (χ0v) is 26.8. The Balaban J connectivity index is 1.39. The Morgan fingerprint density at radius 2 is 2.10 bits per heavy atom. The molecule has 1 aromatic heterocycles. The molecule has 1 N–H and O–H groups in total. The van der Waals surface area contributed by atoms with Gasteiger partial charge in [-0.25, -0.2) is 0 Å². The van der Waals surface area contributed by atoms with Gasteiger partial charge in [-0.2, -0.15) is 0 Å². The minimum Gasteiger partial charge on any atom is -0.481 e. The van der Waals surface area contributed by atoms with Gasteiger partial charge in [0, 0.05) is 29.7 Å². The van der Waals surface area contributed by atoms with Crippen molar-refractivity contribution in [2.75, 3.05) is 13.6 Å². The second-order valence-electron chi connectivity index (χ2n) is 14.8. The number of allylic oxidation sites excluding steroid dienone is 1. The average molecular weight is 597 g/mol. The molecule has 6 rings (SSSR count). The number of carboxylic acids is 1. The van der Waals surface area contributed by atoms with Crippen LogP contribution in [-0.2, 0) is 20.9 Å². The number of carboxylic acid groups (broad SMARTS) is 1. The fourth-order valence-electron chi connectivity index (χ4n) is 11.1. The van der Waals surface area contributed by atoms with Gasteiger partial charge >= 0.3 is 5.97 Å². The molecule has 7 unspecified atom stereocenters. The molecule has 7 heteroatoms. The maximum absolute atomic E-state index is 14.0. The van der Waals surface area contributed by atoms with E-state index in [-0.39, 0.29) is 30.0 Å². The minimum atomic E-state index is -1.18. The van der Waals surface area contributed by atoms with Crippen molar-refractivity contribution in [2.24, 2.45) is 51.8 Å². The second kappa shape index (κ2) is 11.0. The highest BCUT2D eigenvalue weighted by molar-refractivity contribution is 6.30. The smallest absolute Gasteiger partial charge is 0.315 e. The highest BCUT2D eigenvalue weighted by atomic mass is 35.5. The molecule has 0 amide bonds. The van der Waals surface area contributed by atoms with E-state index in [9.17, 15) is 14.7 Å². The van der Waals surface area contributed by atoms with Crippen molar-refractivity contribution in [3.8, 4) is 0 Å². The monoisotopic (exact) mass is 596 g/mol. The number of hydrogen-bond donors (Lipinski definition) is 1. The molecule has 4 fully saturated rings. The molecule has 1 aliphatic heterocycles. The molecule has 0 spiro atoms. The molecule has 42 heavy (non-hydrogen) atoms. The van der Waals surface area contributed by atoms with Gasteiger partial charge in [-0.05, 0) is 86.8 Å².